The summed E-state index contributed by atoms with van der Waals surface area (Å²) in [5.74, 6) is 1.52. The molecule has 1 aliphatic heterocycles. The fourth-order valence-corrected chi connectivity index (χ4v) is 2.59. The lowest BCUT2D eigenvalue weighted by atomic mass is 10.2. The van der Waals surface area contributed by atoms with Gasteiger partial charge in [0.15, 0.2) is 0 Å². The molecule has 0 aliphatic carbocycles. The molecule has 0 spiro atoms. The summed E-state index contributed by atoms with van der Waals surface area (Å²) in [6.45, 7) is 2.31. The van der Waals surface area contributed by atoms with Crippen molar-refractivity contribution < 1.29 is 5.11 Å². The van der Waals surface area contributed by atoms with Crippen LogP contribution in [0.4, 0.5) is 0 Å². The third kappa shape index (κ3) is 2.66. The largest absolute Gasteiger partial charge is 0.508 e. The summed E-state index contributed by atoms with van der Waals surface area (Å²) in [5.41, 5.74) is 1.23. The molecule has 1 aromatic carbocycles. The SMILES string of the molecule is Oc1cccc(CCSC2CNC2)c1. The zero-order chi connectivity index (χ0) is 9.80. The Bertz CT molecular complexity index is 299. The van der Waals surface area contributed by atoms with Crippen LogP contribution < -0.4 is 5.32 Å². The fourth-order valence-electron chi connectivity index (χ4n) is 1.44. The Morgan fingerprint density at radius 3 is 2.93 bits per heavy atom. The van der Waals surface area contributed by atoms with Gasteiger partial charge in [0.2, 0.25) is 0 Å². The Kier molecular flexibility index (Phi) is 3.32. The van der Waals surface area contributed by atoms with Crippen LogP contribution >= 0.6 is 11.8 Å². The number of phenolic OH excluding ortho intramolecular Hbond substituents is 1. The standard InChI is InChI=1S/C11H15NOS/c13-10-3-1-2-9(6-10)4-5-14-11-7-12-8-11/h1-3,6,11-13H,4-5,7-8H2. The average molecular weight is 209 g/mol. The molecule has 3 heteroatoms. The second-order valence-corrected chi connectivity index (χ2v) is 4.98. The molecule has 1 saturated heterocycles. The topological polar surface area (TPSA) is 32.3 Å². The lowest BCUT2D eigenvalue weighted by Crippen LogP contribution is -2.44. The van der Waals surface area contributed by atoms with Crippen LogP contribution in [0.15, 0.2) is 24.3 Å². The van der Waals surface area contributed by atoms with Crippen molar-refractivity contribution >= 4 is 11.8 Å². The van der Waals surface area contributed by atoms with Crippen LogP contribution in [0, 0.1) is 0 Å². The Morgan fingerprint density at radius 1 is 1.43 bits per heavy atom. The van der Waals surface area contributed by atoms with Gasteiger partial charge in [0.05, 0.1) is 0 Å². The van der Waals surface area contributed by atoms with E-state index in [0.717, 1.165) is 30.5 Å². The summed E-state index contributed by atoms with van der Waals surface area (Å²) in [7, 11) is 0. The number of rotatable bonds is 4. The maximum absolute atomic E-state index is 9.26. The molecule has 2 nitrogen and oxygen atoms in total. The van der Waals surface area contributed by atoms with E-state index in [1.165, 1.54) is 5.56 Å². The van der Waals surface area contributed by atoms with Gasteiger partial charge in [0.25, 0.3) is 0 Å². The number of aromatic hydroxyl groups is 1. The van der Waals surface area contributed by atoms with Crippen LogP contribution in [0.25, 0.3) is 0 Å². The van der Waals surface area contributed by atoms with Gasteiger partial charge in [-0.25, -0.2) is 0 Å². The highest BCUT2D eigenvalue weighted by Crippen LogP contribution is 2.18. The monoisotopic (exact) mass is 209 g/mol. The number of nitrogens with one attached hydrogen (secondary N) is 1. The third-order valence-corrected chi connectivity index (χ3v) is 3.64. The van der Waals surface area contributed by atoms with E-state index in [1.54, 1.807) is 6.07 Å². The summed E-state index contributed by atoms with van der Waals surface area (Å²) >= 11 is 2.02. The number of aryl methyl sites for hydroxylation is 1. The van der Waals surface area contributed by atoms with Crippen molar-refractivity contribution in [1.29, 1.82) is 0 Å². The van der Waals surface area contributed by atoms with Gasteiger partial charge in [-0.2, -0.15) is 11.8 Å². The Labute approximate surface area is 88.7 Å². The minimum Gasteiger partial charge on any atom is -0.508 e. The smallest absolute Gasteiger partial charge is 0.115 e. The van der Waals surface area contributed by atoms with Crippen molar-refractivity contribution in [1.82, 2.24) is 5.32 Å². The molecule has 1 aliphatic rings. The lowest BCUT2D eigenvalue weighted by Gasteiger charge is -2.26. The average Bonchev–Trinajstić information content (AvgIpc) is 2.09. The van der Waals surface area contributed by atoms with Gasteiger partial charge in [0.1, 0.15) is 5.75 Å². The molecule has 0 bridgehead atoms. The van der Waals surface area contributed by atoms with Crippen molar-refractivity contribution in [2.24, 2.45) is 0 Å². The molecule has 1 heterocycles. The maximum atomic E-state index is 9.26. The number of thioether (sulfide) groups is 1. The van der Waals surface area contributed by atoms with Crippen LogP contribution in [-0.2, 0) is 6.42 Å². The highest BCUT2D eigenvalue weighted by molar-refractivity contribution is 8.00. The summed E-state index contributed by atoms with van der Waals surface area (Å²) < 4.78 is 0. The van der Waals surface area contributed by atoms with Gasteiger partial charge < -0.3 is 10.4 Å². The van der Waals surface area contributed by atoms with Gasteiger partial charge in [-0.15, -0.1) is 0 Å². The van der Waals surface area contributed by atoms with E-state index in [2.05, 4.69) is 11.4 Å². The first-order valence-corrected chi connectivity index (χ1v) is 6.00. The summed E-state index contributed by atoms with van der Waals surface area (Å²) in [6, 6.07) is 7.53. The molecule has 0 atom stereocenters. The van der Waals surface area contributed by atoms with Crippen LogP contribution in [-0.4, -0.2) is 29.2 Å². The quantitative estimate of drug-likeness (QED) is 0.790. The van der Waals surface area contributed by atoms with Gasteiger partial charge in [-0.1, -0.05) is 12.1 Å². The van der Waals surface area contributed by atoms with Crippen molar-refractivity contribution in [2.75, 3.05) is 18.8 Å². The first-order valence-electron chi connectivity index (χ1n) is 4.95. The minimum atomic E-state index is 0.373. The van der Waals surface area contributed by atoms with Gasteiger partial charge in [0, 0.05) is 18.3 Å². The summed E-state index contributed by atoms with van der Waals surface area (Å²) in [5, 5.41) is 13.3. The Morgan fingerprint density at radius 2 is 2.29 bits per heavy atom. The lowest BCUT2D eigenvalue weighted by molar-refractivity contribution is 0.474. The molecule has 1 aromatic rings. The molecule has 2 N–H and O–H groups in total. The second kappa shape index (κ2) is 4.71. The number of benzene rings is 1. The van der Waals surface area contributed by atoms with E-state index >= 15 is 0 Å². The van der Waals surface area contributed by atoms with E-state index in [4.69, 9.17) is 0 Å². The molecule has 0 unspecified atom stereocenters. The van der Waals surface area contributed by atoms with E-state index < -0.39 is 0 Å². The number of phenols is 1. The highest BCUT2D eigenvalue weighted by Gasteiger charge is 2.15. The first kappa shape index (κ1) is 9.87. The molecule has 0 amide bonds. The van der Waals surface area contributed by atoms with E-state index in [0.29, 0.717) is 5.75 Å². The van der Waals surface area contributed by atoms with E-state index in [9.17, 15) is 5.11 Å². The zero-order valence-electron chi connectivity index (χ0n) is 8.07. The zero-order valence-corrected chi connectivity index (χ0v) is 8.89. The van der Waals surface area contributed by atoms with Crippen molar-refractivity contribution in [2.45, 2.75) is 11.7 Å². The summed E-state index contributed by atoms with van der Waals surface area (Å²) in [4.78, 5) is 0. The predicted molar refractivity (Wildman–Crippen MR) is 60.9 cm³/mol. The van der Waals surface area contributed by atoms with E-state index in [-0.39, 0.29) is 0 Å². The molecule has 0 aromatic heterocycles. The first-order chi connectivity index (χ1) is 6.84. The van der Waals surface area contributed by atoms with Crippen LogP contribution in [0.3, 0.4) is 0 Å². The predicted octanol–water partition coefficient (Wildman–Crippen LogP) is 1.64. The van der Waals surface area contributed by atoms with Gasteiger partial charge in [-0.3, -0.25) is 0 Å². The molecular weight excluding hydrogens is 194 g/mol. The molecule has 0 saturated carbocycles. The van der Waals surface area contributed by atoms with Gasteiger partial charge >= 0.3 is 0 Å². The van der Waals surface area contributed by atoms with Crippen LogP contribution in [0.1, 0.15) is 5.56 Å². The molecule has 2 rings (SSSR count). The van der Waals surface area contributed by atoms with Gasteiger partial charge in [-0.05, 0) is 29.9 Å². The van der Waals surface area contributed by atoms with Crippen LogP contribution in [0.5, 0.6) is 5.75 Å². The molecular formula is C11H15NOS. The van der Waals surface area contributed by atoms with E-state index in [1.807, 2.05) is 23.9 Å². The van der Waals surface area contributed by atoms with Crippen molar-refractivity contribution in [3.05, 3.63) is 29.8 Å². The molecule has 0 radical (unpaired) electrons. The van der Waals surface area contributed by atoms with Crippen molar-refractivity contribution in [3.8, 4) is 5.75 Å². The number of hydrogen-bond acceptors (Lipinski definition) is 3. The van der Waals surface area contributed by atoms with Crippen molar-refractivity contribution in [3.63, 3.8) is 0 Å². The summed E-state index contributed by atoms with van der Waals surface area (Å²) in [6.07, 6.45) is 1.05. The molecule has 76 valence electrons. The molecule has 14 heavy (non-hydrogen) atoms. The number of hydrogen-bond donors (Lipinski definition) is 2. The Balaban J connectivity index is 1.74. The van der Waals surface area contributed by atoms with Crippen LogP contribution in [0.2, 0.25) is 0 Å². The molecule has 1 fully saturated rings. The minimum absolute atomic E-state index is 0.373. The second-order valence-electron chi connectivity index (χ2n) is 3.57. The Hall–Kier alpha value is -0.670. The normalized spacial score (nSPS) is 16.6. The maximum Gasteiger partial charge on any atom is 0.115 e. The highest BCUT2D eigenvalue weighted by atomic mass is 32.2. The fraction of sp³-hybridized carbons (Fsp3) is 0.455. The third-order valence-electron chi connectivity index (χ3n) is 2.40.